The number of hydrogen-bond donors (Lipinski definition) is 1. The zero-order valence-corrected chi connectivity index (χ0v) is 12.4. The summed E-state index contributed by atoms with van der Waals surface area (Å²) in [6.45, 7) is 0. The van der Waals surface area contributed by atoms with Crippen LogP contribution in [0, 0.1) is 5.92 Å². The summed E-state index contributed by atoms with van der Waals surface area (Å²) in [6, 6.07) is 5.91. The fourth-order valence-corrected chi connectivity index (χ4v) is 3.21. The zero-order valence-electron chi connectivity index (χ0n) is 10.9. The first-order chi connectivity index (χ1) is 8.69. The van der Waals surface area contributed by atoms with E-state index >= 15 is 0 Å². The molecule has 0 saturated heterocycles. The normalized spacial score (nSPS) is 17.9. The van der Waals surface area contributed by atoms with Crippen molar-refractivity contribution in [1.82, 2.24) is 0 Å². The van der Waals surface area contributed by atoms with E-state index in [4.69, 9.17) is 4.74 Å². The highest BCUT2D eigenvalue weighted by atomic mass is 79.9. The number of rotatable bonds is 5. The van der Waals surface area contributed by atoms with E-state index in [1.165, 1.54) is 25.7 Å². The van der Waals surface area contributed by atoms with Crippen molar-refractivity contribution >= 4 is 15.9 Å². The smallest absolute Gasteiger partial charge is 0.119 e. The molecule has 1 N–H and O–H groups in total. The molecule has 0 spiro atoms. The van der Waals surface area contributed by atoms with E-state index < -0.39 is 0 Å². The van der Waals surface area contributed by atoms with Gasteiger partial charge < -0.3 is 9.84 Å². The van der Waals surface area contributed by atoms with Crippen LogP contribution >= 0.6 is 15.9 Å². The van der Waals surface area contributed by atoms with Crippen LogP contribution in [0.15, 0.2) is 22.7 Å². The molecule has 1 fully saturated rings. The molecule has 2 nitrogen and oxygen atoms in total. The maximum Gasteiger partial charge on any atom is 0.119 e. The summed E-state index contributed by atoms with van der Waals surface area (Å²) >= 11 is 3.53. The first-order valence-electron chi connectivity index (χ1n) is 6.69. The van der Waals surface area contributed by atoms with Crippen LogP contribution in [-0.2, 0) is 6.42 Å². The number of hydrogen-bond acceptors (Lipinski definition) is 2. The van der Waals surface area contributed by atoms with Gasteiger partial charge >= 0.3 is 0 Å². The van der Waals surface area contributed by atoms with Gasteiger partial charge in [-0.25, -0.2) is 0 Å². The van der Waals surface area contributed by atoms with E-state index in [2.05, 4.69) is 15.9 Å². The van der Waals surface area contributed by atoms with Crippen molar-refractivity contribution < 1.29 is 9.84 Å². The summed E-state index contributed by atoms with van der Waals surface area (Å²) in [6.07, 6.45) is 6.64. The third-order valence-electron chi connectivity index (χ3n) is 3.79. The van der Waals surface area contributed by atoms with Crippen LogP contribution in [-0.4, -0.2) is 18.3 Å². The number of ether oxygens (including phenoxy) is 1. The Labute approximate surface area is 117 Å². The lowest BCUT2D eigenvalue weighted by Gasteiger charge is -2.16. The molecule has 0 amide bonds. The van der Waals surface area contributed by atoms with Gasteiger partial charge in [0.25, 0.3) is 0 Å². The first kappa shape index (κ1) is 13.9. The molecular formula is C15H21BrO2. The number of methoxy groups -OCH3 is 1. The zero-order chi connectivity index (χ0) is 13.0. The van der Waals surface area contributed by atoms with E-state index in [-0.39, 0.29) is 6.10 Å². The molecule has 1 aliphatic rings. The van der Waals surface area contributed by atoms with Gasteiger partial charge in [0.05, 0.1) is 13.2 Å². The average molecular weight is 313 g/mol. The van der Waals surface area contributed by atoms with E-state index in [1.54, 1.807) is 7.11 Å². The molecule has 100 valence electrons. The minimum atomic E-state index is -0.239. The molecule has 1 aliphatic carbocycles. The van der Waals surface area contributed by atoms with Crippen molar-refractivity contribution in [3.63, 3.8) is 0 Å². The van der Waals surface area contributed by atoms with Crippen LogP contribution in [0.25, 0.3) is 0 Å². The fourth-order valence-electron chi connectivity index (χ4n) is 2.80. The predicted molar refractivity (Wildman–Crippen MR) is 77.0 cm³/mol. The van der Waals surface area contributed by atoms with Gasteiger partial charge in [-0.15, -0.1) is 0 Å². The van der Waals surface area contributed by atoms with Crippen LogP contribution in [0.1, 0.15) is 37.7 Å². The standard InChI is InChI=1S/C15H21BrO2/c1-18-14-6-7-15(16)12(10-14)9-13(17)8-11-4-2-3-5-11/h6-7,10-11,13,17H,2-5,8-9H2,1H3. The molecule has 0 heterocycles. The number of benzene rings is 1. The quantitative estimate of drug-likeness (QED) is 0.892. The van der Waals surface area contributed by atoms with Crippen molar-refractivity contribution in [2.24, 2.45) is 5.92 Å². The van der Waals surface area contributed by atoms with Gasteiger partial charge in [-0.3, -0.25) is 0 Å². The Balaban J connectivity index is 1.94. The van der Waals surface area contributed by atoms with Gasteiger partial charge in [0.1, 0.15) is 5.75 Å². The Morgan fingerprint density at radius 1 is 1.39 bits per heavy atom. The number of halogens is 1. The van der Waals surface area contributed by atoms with Crippen molar-refractivity contribution in [2.75, 3.05) is 7.11 Å². The van der Waals surface area contributed by atoms with Crippen LogP contribution in [0.3, 0.4) is 0 Å². The molecule has 0 aliphatic heterocycles. The first-order valence-corrected chi connectivity index (χ1v) is 7.49. The van der Waals surface area contributed by atoms with Crippen molar-refractivity contribution in [1.29, 1.82) is 0 Å². The maximum atomic E-state index is 10.2. The average Bonchev–Trinajstić information content (AvgIpc) is 2.84. The summed E-state index contributed by atoms with van der Waals surface area (Å²) in [4.78, 5) is 0. The third kappa shape index (κ3) is 3.72. The Kier molecular flexibility index (Phi) is 5.07. The maximum absolute atomic E-state index is 10.2. The van der Waals surface area contributed by atoms with Gasteiger partial charge in [-0.1, -0.05) is 41.6 Å². The van der Waals surface area contributed by atoms with E-state index in [0.29, 0.717) is 6.42 Å². The molecule has 0 aromatic heterocycles. The van der Waals surface area contributed by atoms with E-state index in [9.17, 15) is 5.11 Å². The molecule has 18 heavy (non-hydrogen) atoms. The lowest BCUT2D eigenvalue weighted by molar-refractivity contribution is 0.143. The second-order valence-corrected chi connectivity index (χ2v) is 6.06. The Hall–Kier alpha value is -0.540. The van der Waals surface area contributed by atoms with Gasteiger partial charge in [0.15, 0.2) is 0 Å². The lowest BCUT2D eigenvalue weighted by atomic mass is 9.96. The fraction of sp³-hybridized carbons (Fsp3) is 0.600. The predicted octanol–water partition coefficient (Wildman–Crippen LogP) is 3.94. The second kappa shape index (κ2) is 6.58. The molecule has 1 atom stereocenters. The molecule has 0 radical (unpaired) electrons. The summed E-state index contributed by atoms with van der Waals surface area (Å²) in [5, 5.41) is 10.2. The number of aliphatic hydroxyl groups is 1. The van der Waals surface area contributed by atoms with Crippen LogP contribution in [0.2, 0.25) is 0 Å². The molecule has 3 heteroatoms. The minimum absolute atomic E-state index is 0.239. The summed E-state index contributed by atoms with van der Waals surface area (Å²) in [5.41, 5.74) is 1.12. The van der Waals surface area contributed by atoms with Crippen molar-refractivity contribution in [2.45, 2.75) is 44.6 Å². The van der Waals surface area contributed by atoms with Gasteiger partial charge in [0, 0.05) is 4.47 Å². The largest absolute Gasteiger partial charge is 0.497 e. The highest BCUT2D eigenvalue weighted by Gasteiger charge is 2.19. The van der Waals surface area contributed by atoms with Crippen molar-refractivity contribution in [3.05, 3.63) is 28.2 Å². The summed E-state index contributed by atoms with van der Waals surface area (Å²) in [5.74, 6) is 1.57. The Morgan fingerprint density at radius 2 is 2.11 bits per heavy atom. The van der Waals surface area contributed by atoms with Crippen LogP contribution in [0.5, 0.6) is 5.75 Å². The molecule has 0 bridgehead atoms. The number of aliphatic hydroxyl groups excluding tert-OH is 1. The minimum Gasteiger partial charge on any atom is -0.497 e. The molecular weight excluding hydrogens is 292 g/mol. The van der Waals surface area contributed by atoms with Gasteiger partial charge in [0.2, 0.25) is 0 Å². The molecule has 2 rings (SSSR count). The highest BCUT2D eigenvalue weighted by Crippen LogP contribution is 2.30. The topological polar surface area (TPSA) is 29.5 Å². The third-order valence-corrected chi connectivity index (χ3v) is 4.56. The molecule has 1 aromatic carbocycles. The van der Waals surface area contributed by atoms with Gasteiger partial charge in [-0.05, 0) is 42.5 Å². The van der Waals surface area contributed by atoms with Gasteiger partial charge in [-0.2, -0.15) is 0 Å². The van der Waals surface area contributed by atoms with Crippen LogP contribution < -0.4 is 4.74 Å². The summed E-state index contributed by atoms with van der Waals surface area (Å²) in [7, 11) is 1.67. The highest BCUT2D eigenvalue weighted by molar-refractivity contribution is 9.10. The SMILES string of the molecule is COc1ccc(Br)c(CC(O)CC2CCCC2)c1. The second-order valence-electron chi connectivity index (χ2n) is 5.20. The van der Waals surface area contributed by atoms with Crippen LogP contribution in [0.4, 0.5) is 0 Å². The Morgan fingerprint density at radius 3 is 2.78 bits per heavy atom. The summed E-state index contributed by atoms with van der Waals surface area (Å²) < 4.78 is 6.27. The Bertz CT molecular complexity index is 386. The van der Waals surface area contributed by atoms with Crippen molar-refractivity contribution in [3.8, 4) is 5.75 Å². The molecule has 1 aromatic rings. The molecule has 1 unspecified atom stereocenters. The van der Waals surface area contributed by atoms with E-state index in [0.717, 1.165) is 28.1 Å². The molecule has 1 saturated carbocycles. The lowest BCUT2D eigenvalue weighted by Crippen LogP contribution is -2.15. The van der Waals surface area contributed by atoms with E-state index in [1.807, 2.05) is 18.2 Å². The monoisotopic (exact) mass is 312 g/mol.